The highest BCUT2D eigenvalue weighted by atomic mass is 16.5. The van der Waals surface area contributed by atoms with Crippen molar-refractivity contribution >= 4 is 22.4 Å². The van der Waals surface area contributed by atoms with E-state index in [1.807, 2.05) is 24.3 Å². The molecule has 0 fully saturated rings. The molecule has 0 spiro atoms. The molecule has 4 heteroatoms. The van der Waals surface area contributed by atoms with Crippen molar-refractivity contribution in [2.24, 2.45) is 0 Å². The molecule has 5 rings (SSSR count). The molecule has 0 atom stereocenters. The standard InChI is InChI=1S/C32H33NO3/c1-4-7-20-35-32(34)26-15-11-10-14-24(26)25-17-18-29(33(5-2)6-3)31-28(25)21-27-23-13-9-8-12-22(23)16-19-30(27)36-31/h8-19H,4-7,20-21H2,1-3H3. The minimum atomic E-state index is -0.275. The normalized spacial score (nSPS) is 12.0. The van der Waals surface area contributed by atoms with Crippen LogP contribution in [0.3, 0.4) is 0 Å². The number of ether oxygens (including phenoxy) is 2. The Bertz CT molecular complexity index is 1400. The summed E-state index contributed by atoms with van der Waals surface area (Å²) in [5.74, 6) is 1.51. The number of benzene rings is 4. The van der Waals surface area contributed by atoms with Gasteiger partial charge in [-0.1, -0.05) is 67.9 Å². The van der Waals surface area contributed by atoms with E-state index < -0.39 is 0 Å². The van der Waals surface area contributed by atoms with Gasteiger partial charge in [0.2, 0.25) is 0 Å². The third-order valence-electron chi connectivity index (χ3n) is 7.08. The van der Waals surface area contributed by atoms with Gasteiger partial charge in [0, 0.05) is 30.6 Å². The van der Waals surface area contributed by atoms with Crippen LogP contribution in [0.15, 0.2) is 72.8 Å². The lowest BCUT2D eigenvalue weighted by Crippen LogP contribution is -2.23. The van der Waals surface area contributed by atoms with E-state index in [0.29, 0.717) is 12.2 Å². The number of fused-ring (bicyclic) bond motifs is 4. The molecule has 4 aromatic carbocycles. The van der Waals surface area contributed by atoms with Crippen LogP contribution in [-0.4, -0.2) is 25.7 Å². The fourth-order valence-electron chi connectivity index (χ4n) is 5.13. The highest BCUT2D eigenvalue weighted by Crippen LogP contribution is 2.48. The Balaban J connectivity index is 1.68. The molecule has 0 aromatic heterocycles. The van der Waals surface area contributed by atoms with E-state index >= 15 is 0 Å². The second-order valence-corrected chi connectivity index (χ2v) is 9.19. The van der Waals surface area contributed by atoms with Gasteiger partial charge in [-0.25, -0.2) is 4.79 Å². The second-order valence-electron chi connectivity index (χ2n) is 9.19. The van der Waals surface area contributed by atoms with E-state index in [-0.39, 0.29) is 5.97 Å². The fraction of sp³-hybridized carbons (Fsp3) is 0.281. The van der Waals surface area contributed by atoms with Crippen LogP contribution in [0.5, 0.6) is 11.5 Å². The Hall–Kier alpha value is -3.79. The summed E-state index contributed by atoms with van der Waals surface area (Å²) in [6, 6.07) is 24.7. The molecule has 0 aliphatic carbocycles. The highest BCUT2D eigenvalue weighted by molar-refractivity contribution is 5.99. The zero-order chi connectivity index (χ0) is 25.1. The number of hydrogen-bond donors (Lipinski definition) is 0. The molecule has 184 valence electrons. The lowest BCUT2D eigenvalue weighted by molar-refractivity contribution is 0.0500. The molecule has 0 N–H and O–H groups in total. The molecular formula is C32H33NO3. The number of carbonyl (C=O) groups is 1. The molecule has 1 aliphatic rings. The largest absolute Gasteiger partial charge is 0.462 e. The van der Waals surface area contributed by atoms with E-state index in [1.54, 1.807) is 0 Å². The molecule has 36 heavy (non-hydrogen) atoms. The maximum Gasteiger partial charge on any atom is 0.338 e. The van der Waals surface area contributed by atoms with Gasteiger partial charge in [-0.2, -0.15) is 0 Å². The average Bonchev–Trinajstić information content (AvgIpc) is 2.93. The maximum atomic E-state index is 13.1. The summed E-state index contributed by atoms with van der Waals surface area (Å²) in [6.07, 6.45) is 2.58. The van der Waals surface area contributed by atoms with Crippen LogP contribution in [-0.2, 0) is 11.2 Å². The summed E-state index contributed by atoms with van der Waals surface area (Å²) in [6.45, 7) is 8.62. The summed E-state index contributed by atoms with van der Waals surface area (Å²) in [5.41, 5.74) is 5.87. The minimum Gasteiger partial charge on any atom is -0.462 e. The lowest BCUT2D eigenvalue weighted by atomic mass is 9.87. The van der Waals surface area contributed by atoms with Crippen LogP contribution < -0.4 is 9.64 Å². The first-order valence-electron chi connectivity index (χ1n) is 13.0. The van der Waals surface area contributed by atoms with Gasteiger partial charge in [0.05, 0.1) is 17.9 Å². The lowest BCUT2D eigenvalue weighted by Gasteiger charge is -2.31. The van der Waals surface area contributed by atoms with Gasteiger partial charge >= 0.3 is 5.97 Å². The smallest absolute Gasteiger partial charge is 0.338 e. The summed E-state index contributed by atoms with van der Waals surface area (Å²) >= 11 is 0. The Labute approximate surface area is 213 Å². The van der Waals surface area contributed by atoms with Gasteiger partial charge in [0.25, 0.3) is 0 Å². The third kappa shape index (κ3) is 4.32. The fourth-order valence-corrected chi connectivity index (χ4v) is 5.13. The first-order chi connectivity index (χ1) is 17.7. The topological polar surface area (TPSA) is 38.8 Å². The summed E-state index contributed by atoms with van der Waals surface area (Å²) in [4.78, 5) is 15.4. The van der Waals surface area contributed by atoms with E-state index in [4.69, 9.17) is 9.47 Å². The van der Waals surface area contributed by atoms with Crippen molar-refractivity contribution in [3.05, 3.63) is 89.5 Å². The van der Waals surface area contributed by atoms with Crippen LogP contribution in [0.1, 0.15) is 55.1 Å². The predicted molar refractivity (Wildman–Crippen MR) is 147 cm³/mol. The molecule has 1 heterocycles. The summed E-state index contributed by atoms with van der Waals surface area (Å²) in [5, 5.41) is 2.40. The van der Waals surface area contributed by atoms with Crippen molar-refractivity contribution in [3.63, 3.8) is 0 Å². The highest BCUT2D eigenvalue weighted by Gasteiger charge is 2.28. The molecule has 0 amide bonds. The molecular weight excluding hydrogens is 446 g/mol. The van der Waals surface area contributed by atoms with E-state index in [9.17, 15) is 4.79 Å². The monoisotopic (exact) mass is 479 g/mol. The Morgan fingerprint density at radius 3 is 2.44 bits per heavy atom. The van der Waals surface area contributed by atoms with Crippen molar-refractivity contribution in [3.8, 4) is 22.6 Å². The van der Waals surface area contributed by atoms with Crippen molar-refractivity contribution < 1.29 is 14.3 Å². The Morgan fingerprint density at radius 2 is 1.64 bits per heavy atom. The molecule has 0 radical (unpaired) electrons. The number of anilines is 1. The number of carbonyl (C=O) groups excluding carboxylic acids is 1. The van der Waals surface area contributed by atoms with Crippen LogP contribution >= 0.6 is 0 Å². The van der Waals surface area contributed by atoms with Crippen LogP contribution in [0.2, 0.25) is 0 Å². The van der Waals surface area contributed by atoms with Gasteiger partial charge in [-0.15, -0.1) is 0 Å². The van der Waals surface area contributed by atoms with Gasteiger partial charge in [-0.3, -0.25) is 0 Å². The summed E-state index contributed by atoms with van der Waals surface area (Å²) < 4.78 is 12.3. The van der Waals surface area contributed by atoms with E-state index in [1.165, 1.54) is 16.3 Å². The zero-order valence-corrected chi connectivity index (χ0v) is 21.3. The first kappa shape index (κ1) is 23.9. The number of hydrogen-bond acceptors (Lipinski definition) is 4. The Morgan fingerprint density at radius 1 is 0.861 bits per heavy atom. The molecule has 0 saturated heterocycles. The molecule has 0 bridgehead atoms. The van der Waals surface area contributed by atoms with Crippen molar-refractivity contribution in [1.29, 1.82) is 0 Å². The van der Waals surface area contributed by atoms with Gasteiger partial charge in [0.1, 0.15) is 5.75 Å². The van der Waals surface area contributed by atoms with E-state index in [0.717, 1.165) is 66.2 Å². The molecule has 4 nitrogen and oxygen atoms in total. The predicted octanol–water partition coefficient (Wildman–Crippen LogP) is 8.01. The van der Waals surface area contributed by atoms with Crippen molar-refractivity contribution in [2.75, 3.05) is 24.6 Å². The maximum absolute atomic E-state index is 13.1. The van der Waals surface area contributed by atoms with Gasteiger partial charge in [-0.05, 0) is 60.4 Å². The molecule has 1 aliphatic heterocycles. The van der Waals surface area contributed by atoms with Crippen molar-refractivity contribution in [2.45, 2.75) is 40.0 Å². The van der Waals surface area contributed by atoms with Crippen molar-refractivity contribution in [1.82, 2.24) is 0 Å². The number of unbranched alkanes of at least 4 members (excludes halogenated alkanes) is 1. The van der Waals surface area contributed by atoms with Crippen LogP contribution in [0.4, 0.5) is 5.69 Å². The van der Waals surface area contributed by atoms with Crippen LogP contribution in [0, 0.1) is 0 Å². The molecule has 4 aromatic rings. The van der Waals surface area contributed by atoms with E-state index in [2.05, 4.69) is 74.2 Å². The average molecular weight is 480 g/mol. The SMILES string of the molecule is CCCCOC(=O)c1ccccc1-c1ccc(N(CC)CC)c2c1Cc1c(ccc3ccccc13)O2. The Kier molecular flexibility index (Phi) is 6.95. The number of esters is 1. The van der Waals surface area contributed by atoms with Gasteiger partial charge < -0.3 is 14.4 Å². The number of rotatable bonds is 8. The second kappa shape index (κ2) is 10.4. The van der Waals surface area contributed by atoms with Crippen LogP contribution in [0.25, 0.3) is 21.9 Å². The first-order valence-corrected chi connectivity index (χ1v) is 13.0. The third-order valence-corrected chi connectivity index (χ3v) is 7.08. The quantitative estimate of drug-likeness (QED) is 0.167. The number of nitrogens with zero attached hydrogens (tertiary/aromatic N) is 1. The minimum absolute atomic E-state index is 0.275. The molecule has 0 saturated carbocycles. The van der Waals surface area contributed by atoms with Gasteiger partial charge in [0.15, 0.2) is 5.75 Å². The molecule has 0 unspecified atom stereocenters. The zero-order valence-electron chi connectivity index (χ0n) is 21.3. The summed E-state index contributed by atoms with van der Waals surface area (Å²) in [7, 11) is 0.